The zero-order valence-corrected chi connectivity index (χ0v) is 13.0. The molecule has 0 aliphatic heterocycles. The van der Waals surface area contributed by atoms with Gasteiger partial charge in [-0.3, -0.25) is 0 Å². The number of benzene rings is 1. The lowest BCUT2D eigenvalue weighted by Gasteiger charge is -2.22. The standard InChI is InChI=1S/C14H15Cl2NOS/c1-8-3-6-13(19-8)14(9(2)17)18-12-5-4-10(15)7-11(12)16/h3-7,9,14H,17H2,1-2H3. The van der Waals surface area contributed by atoms with Gasteiger partial charge in [-0.05, 0) is 44.2 Å². The molecule has 0 fully saturated rings. The largest absolute Gasteiger partial charge is 0.482 e. The van der Waals surface area contributed by atoms with Crippen molar-refractivity contribution in [2.45, 2.75) is 26.0 Å². The Morgan fingerprint density at radius 1 is 1.21 bits per heavy atom. The van der Waals surface area contributed by atoms with E-state index in [-0.39, 0.29) is 12.1 Å². The Hall–Kier alpha value is -0.740. The molecule has 0 aliphatic carbocycles. The summed E-state index contributed by atoms with van der Waals surface area (Å²) < 4.78 is 5.96. The minimum Gasteiger partial charge on any atom is -0.482 e. The number of hydrogen-bond acceptors (Lipinski definition) is 3. The number of ether oxygens (including phenoxy) is 1. The van der Waals surface area contributed by atoms with Gasteiger partial charge < -0.3 is 10.5 Å². The van der Waals surface area contributed by atoms with Crippen LogP contribution in [-0.2, 0) is 0 Å². The quantitative estimate of drug-likeness (QED) is 0.877. The molecule has 1 aromatic heterocycles. The molecule has 1 aromatic carbocycles. The van der Waals surface area contributed by atoms with Gasteiger partial charge in [-0.15, -0.1) is 11.3 Å². The van der Waals surface area contributed by atoms with E-state index in [4.69, 9.17) is 33.7 Å². The third-order valence-corrected chi connectivity index (χ3v) is 4.26. The van der Waals surface area contributed by atoms with E-state index in [0.717, 1.165) is 4.88 Å². The Balaban J connectivity index is 2.26. The first-order valence-electron chi connectivity index (χ1n) is 5.91. The zero-order chi connectivity index (χ0) is 14.0. The first kappa shape index (κ1) is 14.7. The van der Waals surface area contributed by atoms with Gasteiger partial charge in [0.1, 0.15) is 11.9 Å². The van der Waals surface area contributed by atoms with Crippen LogP contribution in [0.1, 0.15) is 22.8 Å². The van der Waals surface area contributed by atoms with Gasteiger partial charge in [-0.1, -0.05) is 23.2 Å². The molecular formula is C14H15Cl2NOS. The smallest absolute Gasteiger partial charge is 0.148 e. The predicted octanol–water partition coefficient (Wildman–Crippen LogP) is 4.83. The molecule has 0 spiro atoms. The molecule has 0 saturated heterocycles. The van der Waals surface area contributed by atoms with E-state index in [9.17, 15) is 0 Å². The minimum absolute atomic E-state index is 0.134. The number of aryl methyl sites for hydroxylation is 1. The summed E-state index contributed by atoms with van der Waals surface area (Å²) in [6.07, 6.45) is -0.211. The summed E-state index contributed by atoms with van der Waals surface area (Å²) in [6, 6.07) is 9.14. The Morgan fingerprint density at radius 3 is 2.47 bits per heavy atom. The Labute approximate surface area is 127 Å². The molecule has 0 amide bonds. The van der Waals surface area contributed by atoms with Crippen LogP contribution in [-0.4, -0.2) is 6.04 Å². The fourth-order valence-corrected chi connectivity index (χ4v) is 3.21. The summed E-state index contributed by atoms with van der Waals surface area (Å²) in [7, 11) is 0. The first-order valence-corrected chi connectivity index (χ1v) is 7.48. The SMILES string of the molecule is Cc1ccc(C(Oc2ccc(Cl)cc2Cl)C(C)N)s1. The molecule has 19 heavy (non-hydrogen) atoms. The maximum Gasteiger partial charge on any atom is 0.148 e. The summed E-state index contributed by atoms with van der Waals surface area (Å²) in [5, 5.41) is 1.08. The van der Waals surface area contributed by atoms with E-state index in [0.29, 0.717) is 15.8 Å². The number of rotatable bonds is 4. The molecule has 1 heterocycles. The van der Waals surface area contributed by atoms with Crippen molar-refractivity contribution in [3.05, 3.63) is 50.1 Å². The molecule has 2 aromatic rings. The van der Waals surface area contributed by atoms with Crippen LogP contribution in [0.5, 0.6) is 5.75 Å². The van der Waals surface area contributed by atoms with Gasteiger partial charge >= 0.3 is 0 Å². The lowest BCUT2D eigenvalue weighted by atomic mass is 10.1. The van der Waals surface area contributed by atoms with Crippen LogP contribution in [0.3, 0.4) is 0 Å². The Kier molecular flexibility index (Phi) is 4.74. The van der Waals surface area contributed by atoms with Crippen molar-refractivity contribution < 1.29 is 4.74 Å². The van der Waals surface area contributed by atoms with Crippen LogP contribution >= 0.6 is 34.5 Å². The number of nitrogens with two attached hydrogens (primary N) is 1. The normalized spacial score (nSPS) is 14.2. The zero-order valence-electron chi connectivity index (χ0n) is 10.7. The lowest BCUT2D eigenvalue weighted by molar-refractivity contribution is 0.184. The van der Waals surface area contributed by atoms with Gasteiger partial charge in [0.25, 0.3) is 0 Å². The maximum absolute atomic E-state index is 6.12. The molecule has 0 radical (unpaired) electrons. The van der Waals surface area contributed by atoms with Crippen LogP contribution in [0.25, 0.3) is 0 Å². The van der Waals surface area contributed by atoms with Crippen molar-refractivity contribution in [3.8, 4) is 5.75 Å². The van der Waals surface area contributed by atoms with Gasteiger partial charge in [0.05, 0.1) is 5.02 Å². The summed E-state index contributed by atoms with van der Waals surface area (Å²) in [6.45, 7) is 3.98. The Bertz CT molecular complexity index is 568. The van der Waals surface area contributed by atoms with Gasteiger partial charge in [-0.2, -0.15) is 0 Å². The Morgan fingerprint density at radius 2 is 1.95 bits per heavy atom. The average molecular weight is 316 g/mol. The molecule has 2 rings (SSSR count). The number of hydrogen-bond donors (Lipinski definition) is 1. The molecule has 0 aliphatic rings. The van der Waals surface area contributed by atoms with Crippen LogP contribution in [0, 0.1) is 6.92 Å². The second-order valence-corrected chi connectivity index (χ2v) is 6.58. The van der Waals surface area contributed by atoms with E-state index < -0.39 is 0 Å². The van der Waals surface area contributed by atoms with E-state index in [1.54, 1.807) is 29.5 Å². The highest BCUT2D eigenvalue weighted by Gasteiger charge is 2.21. The third kappa shape index (κ3) is 3.63. The summed E-state index contributed by atoms with van der Waals surface area (Å²) in [5.74, 6) is 0.597. The average Bonchev–Trinajstić information content (AvgIpc) is 2.74. The molecule has 102 valence electrons. The highest BCUT2D eigenvalue weighted by atomic mass is 35.5. The highest BCUT2D eigenvalue weighted by Crippen LogP contribution is 2.34. The molecule has 2 atom stereocenters. The van der Waals surface area contributed by atoms with E-state index >= 15 is 0 Å². The summed E-state index contributed by atoms with van der Waals surface area (Å²) in [5.41, 5.74) is 6.02. The van der Waals surface area contributed by atoms with Gasteiger partial charge in [0.15, 0.2) is 0 Å². The van der Waals surface area contributed by atoms with Gasteiger partial charge in [0.2, 0.25) is 0 Å². The van der Waals surface area contributed by atoms with Crippen molar-refractivity contribution >= 4 is 34.5 Å². The van der Waals surface area contributed by atoms with Crippen molar-refractivity contribution in [1.82, 2.24) is 0 Å². The van der Waals surface area contributed by atoms with Crippen LogP contribution in [0.2, 0.25) is 10.0 Å². The monoisotopic (exact) mass is 315 g/mol. The fourth-order valence-electron chi connectivity index (χ4n) is 1.74. The molecule has 2 nitrogen and oxygen atoms in total. The predicted molar refractivity (Wildman–Crippen MR) is 82.5 cm³/mol. The van der Waals surface area contributed by atoms with E-state index in [1.165, 1.54) is 4.88 Å². The van der Waals surface area contributed by atoms with Crippen LogP contribution in [0.15, 0.2) is 30.3 Å². The molecule has 0 saturated carbocycles. The molecule has 0 bridgehead atoms. The molecule has 2 unspecified atom stereocenters. The highest BCUT2D eigenvalue weighted by molar-refractivity contribution is 7.12. The number of halogens is 2. The maximum atomic E-state index is 6.12. The first-order chi connectivity index (χ1) is 8.97. The van der Waals surface area contributed by atoms with Crippen LogP contribution in [0.4, 0.5) is 0 Å². The summed E-state index contributed by atoms with van der Waals surface area (Å²) >= 11 is 13.7. The van der Waals surface area contributed by atoms with Crippen molar-refractivity contribution in [1.29, 1.82) is 0 Å². The topological polar surface area (TPSA) is 35.2 Å². The van der Waals surface area contributed by atoms with Crippen molar-refractivity contribution in [2.24, 2.45) is 5.73 Å². The fraction of sp³-hybridized carbons (Fsp3) is 0.286. The molecule has 2 N–H and O–H groups in total. The summed E-state index contributed by atoms with van der Waals surface area (Å²) in [4.78, 5) is 2.32. The molecule has 5 heteroatoms. The van der Waals surface area contributed by atoms with Crippen LogP contribution < -0.4 is 10.5 Å². The third-order valence-electron chi connectivity index (χ3n) is 2.67. The second kappa shape index (κ2) is 6.14. The minimum atomic E-state index is -0.211. The van der Waals surface area contributed by atoms with E-state index in [2.05, 4.69) is 13.0 Å². The van der Waals surface area contributed by atoms with E-state index in [1.807, 2.05) is 13.0 Å². The lowest BCUT2D eigenvalue weighted by Crippen LogP contribution is -2.28. The second-order valence-electron chi connectivity index (χ2n) is 4.42. The molecular weight excluding hydrogens is 301 g/mol. The van der Waals surface area contributed by atoms with Gasteiger partial charge in [0, 0.05) is 20.8 Å². The van der Waals surface area contributed by atoms with Crippen molar-refractivity contribution in [2.75, 3.05) is 0 Å². The number of thiophene rings is 1. The van der Waals surface area contributed by atoms with Gasteiger partial charge in [-0.25, -0.2) is 0 Å². The van der Waals surface area contributed by atoms with Crippen molar-refractivity contribution in [3.63, 3.8) is 0 Å².